The van der Waals surface area contributed by atoms with Crippen molar-refractivity contribution in [3.8, 4) is 33.1 Å². The molecule has 3 aliphatic heterocycles. The van der Waals surface area contributed by atoms with E-state index in [1.807, 2.05) is 12.1 Å². The average Bonchev–Trinajstić information content (AvgIpc) is 3.73. The summed E-state index contributed by atoms with van der Waals surface area (Å²) in [7, 11) is 2.25. The molecule has 4 aromatic rings. The van der Waals surface area contributed by atoms with Crippen molar-refractivity contribution in [2.75, 3.05) is 46.4 Å². The molecule has 1 spiro atoms. The van der Waals surface area contributed by atoms with Crippen molar-refractivity contribution in [3.63, 3.8) is 0 Å². The zero-order valence-corrected chi connectivity index (χ0v) is 24.0. The topological polar surface area (TPSA) is 42.0 Å². The summed E-state index contributed by atoms with van der Waals surface area (Å²) in [6.45, 7) is 5.87. The first-order valence-corrected chi connectivity index (χ1v) is 15.4. The van der Waals surface area contributed by atoms with Gasteiger partial charge in [-0.25, -0.2) is 0 Å². The molecule has 3 aromatic carbocycles. The van der Waals surface area contributed by atoms with Gasteiger partial charge >= 0.3 is 0 Å². The smallest absolute Gasteiger partial charge is 0.152 e. The molecule has 1 aromatic heterocycles. The van der Waals surface area contributed by atoms with Gasteiger partial charge in [-0.3, -0.25) is 14.6 Å². The molecule has 0 amide bonds. The maximum atomic E-state index is 12.7. The van der Waals surface area contributed by atoms with Gasteiger partial charge in [0.1, 0.15) is 18.1 Å². The second kappa shape index (κ2) is 10.7. The molecule has 7 rings (SSSR count). The van der Waals surface area contributed by atoms with Gasteiger partial charge in [0, 0.05) is 44.6 Å². The number of aldehydes is 1. The van der Waals surface area contributed by atoms with E-state index in [-0.39, 0.29) is 5.54 Å². The predicted octanol–water partition coefficient (Wildman–Crippen LogP) is 7.23. The molecule has 0 saturated carbocycles. The van der Waals surface area contributed by atoms with Crippen LogP contribution in [0.15, 0.2) is 60.7 Å². The van der Waals surface area contributed by atoms with Gasteiger partial charge in [-0.1, -0.05) is 30.3 Å². The van der Waals surface area contributed by atoms with Crippen molar-refractivity contribution in [1.29, 1.82) is 0 Å². The van der Waals surface area contributed by atoms with Crippen molar-refractivity contribution in [3.05, 3.63) is 71.8 Å². The van der Waals surface area contributed by atoms with Gasteiger partial charge in [0.2, 0.25) is 0 Å². The van der Waals surface area contributed by atoms with Crippen molar-refractivity contribution < 1.29 is 14.3 Å². The van der Waals surface area contributed by atoms with Gasteiger partial charge in [0.05, 0.1) is 12.1 Å². The van der Waals surface area contributed by atoms with E-state index in [1.165, 1.54) is 37.9 Å². The monoisotopic (exact) mass is 552 g/mol. The van der Waals surface area contributed by atoms with Gasteiger partial charge in [0.15, 0.2) is 6.29 Å². The van der Waals surface area contributed by atoms with E-state index in [9.17, 15) is 4.79 Å². The molecular formula is C34H36N2O3S. The number of benzene rings is 3. The number of likely N-dealkylation sites (tertiary alicyclic amines) is 2. The number of hydrogen-bond donors (Lipinski definition) is 0. The Morgan fingerprint density at radius 3 is 2.52 bits per heavy atom. The first-order valence-electron chi connectivity index (χ1n) is 14.6. The number of carbonyl (C=O) groups excluding carboxylic acids is 1. The quantitative estimate of drug-likeness (QED) is 0.226. The fourth-order valence-corrected chi connectivity index (χ4v) is 8.33. The zero-order valence-electron chi connectivity index (χ0n) is 23.2. The normalized spacial score (nSPS) is 21.1. The van der Waals surface area contributed by atoms with Gasteiger partial charge in [-0.2, -0.15) is 0 Å². The van der Waals surface area contributed by atoms with Crippen LogP contribution in [0.2, 0.25) is 0 Å². The van der Waals surface area contributed by atoms with E-state index in [1.54, 1.807) is 11.3 Å². The number of rotatable bonds is 7. The summed E-state index contributed by atoms with van der Waals surface area (Å²) in [4.78, 5) is 18.6. The van der Waals surface area contributed by atoms with E-state index < -0.39 is 0 Å². The first kappa shape index (κ1) is 25.8. The van der Waals surface area contributed by atoms with Crippen LogP contribution in [0.25, 0.3) is 31.7 Å². The Balaban J connectivity index is 1.24. The fourth-order valence-electron chi connectivity index (χ4n) is 7.12. The van der Waals surface area contributed by atoms with Gasteiger partial charge in [-0.05, 0) is 93.8 Å². The van der Waals surface area contributed by atoms with Crippen LogP contribution in [0.5, 0.6) is 11.5 Å². The molecule has 1 atom stereocenters. The van der Waals surface area contributed by atoms with E-state index in [0.29, 0.717) is 13.2 Å². The van der Waals surface area contributed by atoms with Crippen LogP contribution in [0.4, 0.5) is 0 Å². The lowest BCUT2D eigenvalue weighted by atomic mass is 9.80. The van der Waals surface area contributed by atoms with Gasteiger partial charge in [0.25, 0.3) is 0 Å². The second-order valence-electron chi connectivity index (χ2n) is 11.4. The van der Waals surface area contributed by atoms with Crippen LogP contribution in [0.3, 0.4) is 0 Å². The summed E-state index contributed by atoms with van der Waals surface area (Å²) < 4.78 is 13.5. The Kier molecular flexibility index (Phi) is 6.86. The largest absolute Gasteiger partial charge is 0.492 e. The summed E-state index contributed by atoms with van der Waals surface area (Å²) in [5.74, 6) is 1.85. The minimum atomic E-state index is 0.0447. The number of hydrogen-bond acceptors (Lipinski definition) is 6. The van der Waals surface area contributed by atoms with Gasteiger partial charge in [-0.15, -0.1) is 11.3 Å². The van der Waals surface area contributed by atoms with Crippen LogP contribution >= 0.6 is 11.3 Å². The lowest BCUT2D eigenvalue weighted by Crippen LogP contribution is -2.42. The third-order valence-corrected chi connectivity index (χ3v) is 10.5. The minimum absolute atomic E-state index is 0.0447. The Bertz CT molecular complexity index is 1540. The highest BCUT2D eigenvalue weighted by Crippen LogP contribution is 2.52. The zero-order chi connectivity index (χ0) is 27.1. The highest BCUT2D eigenvalue weighted by Gasteiger charge is 2.44. The molecule has 0 bridgehead atoms. The number of ether oxygens (including phenoxy) is 2. The number of thiophene rings is 1. The first-order chi connectivity index (χ1) is 19.7. The Morgan fingerprint density at radius 1 is 0.950 bits per heavy atom. The lowest BCUT2D eigenvalue weighted by molar-refractivity contribution is 0.104. The summed E-state index contributed by atoms with van der Waals surface area (Å²) in [5.41, 5.74) is 5.27. The number of carbonyl (C=O) groups is 1. The number of para-hydroxylation sites is 1. The molecular weight excluding hydrogens is 516 g/mol. The van der Waals surface area contributed by atoms with E-state index in [0.717, 1.165) is 80.9 Å². The molecule has 2 saturated heterocycles. The van der Waals surface area contributed by atoms with Gasteiger partial charge < -0.3 is 9.47 Å². The van der Waals surface area contributed by atoms with Crippen LogP contribution in [0.1, 0.15) is 48.0 Å². The van der Waals surface area contributed by atoms with Crippen molar-refractivity contribution in [2.45, 2.75) is 37.6 Å². The summed E-state index contributed by atoms with van der Waals surface area (Å²) >= 11 is 1.68. The maximum Gasteiger partial charge on any atom is 0.152 e. The molecule has 4 heterocycles. The Morgan fingerprint density at radius 2 is 1.75 bits per heavy atom. The van der Waals surface area contributed by atoms with E-state index in [2.05, 4.69) is 65.4 Å². The van der Waals surface area contributed by atoms with Crippen LogP contribution in [-0.2, 0) is 5.54 Å². The third kappa shape index (κ3) is 4.33. The molecule has 0 N–H and O–H groups in total. The predicted molar refractivity (Wildman–Crippen MR) is 163 cm³/mol. The maximum absolute atomic E-state index is 12.7. The number of nitrogens with zero attached hydrogens (tertiary/aromatic N) is 2. The summed E-state index contributed by atoms with van der Waals surface area (Å²) in [6, 6.07) is 21.1. The number of fused-ring (bicyclic) bond motifs is 3. The SMILES string of the molecule is CN1CCCC12CCOc1c(-c3cccc4sc(-c5ccc(OCCN6CCCC6)cc5)c(C=O)c34)cccc12. The average molecular weight is 553 g/mol. The molecule has 206 valence electrons. The van der Waals surface area contributed by atoms with E-state index in [4.69, 9.17) is 9.47 Å². The minimum Gasteiger partial charge on any atom is -0.492 e. The highest BCUT2D eigenvalue weighted by molar-refractivity contribution is 7.22. The molecule has 40 heavy (non-hydrogen) atoms. The standard InChI is InChI=1S/C34H36N2O3S/c1-35-17-6-15-34(35)16-21-39-32-27(8-4-9-29(32)34)26-7-5-10-30-31(26)28(23-37)33(40-30)24-11-13-25(14-12-24)38-22-20-36-18-2-3-19-36/h4-5,7-14,23H,2-3,6,15-22H2,1H3. The van der Waals surface area contributed by atoms with Crippen molar-refractivity contribution >= 4 is 27.7 Å². The fraction of sp³-hybridized carbons (Fsp3) is 0.382. The molecule has 3 aliphatic rings. The third-order valence-electron chi connectivity index (χ3n) is 9.24. The lowest BCUT2D eigenvalue weighted by Gasteiger charge is -2.41. The van der Waals surface area contributed by atoms with Crippen molar-refractivity contribution in [1.82, 2.24) is 9.80 Å². The molecule has 6 heteroatoms. The molecule has 0 radical (unpaired) electrons. The van der Waals surface area contributed by atoms with E-state index >= 15 is 0 Å². The van der Waals surface area contributed by atoms with Crippen LogP contribution in [0, 0.1) is 0 Å². The molecule has 1 unspecified atom stereocenters. The Hall–Kier alpha value is -3.19. The molecule has 0 aliphatic carbocycles. The summed E-state index contributed by atoms with van der Waals surface area (Å²) in [5, 5.41) is 1.01. The summed E-state index contributed by atoms with van der Waals surface area (Å²) in [6.07, 6.45) is 7.00. The van der Waals surface area contributed by atoms with Crippen LogP contribution < -0.4 is 9.47 Å². The Labute approximate surface area is 240 Å². The second-order valence-corrected chi connectivity index (χ2v) is 12.5. The molecule has 5 nitrogen and oxygen atoms in total. The highest BCUT2D eigenvalue weighted by atomic mass is 32.1. The van der Waals surface area contributed by atoms with Crippen LogP contribution in [-0.4, -0.2) is 62.5 Å². The van der Waals surface area contributed by atoms with Crippen molar-refractivity contribution in [2.24, 2.45) is 0 Å². The molecule has 2 fully saturated rings.